The number of thioether (sulfide) groups is 1. The molecule has 1 heterocycles. The average Bonchev–Trinajstić information content (AvgIpc) is 2.71. The molecule has 1 aromatic rings. The van der Waals surface area contributed by atoms with Crippen LogP contribution in [0.15, 0.2) is 6.07 Å². The van der Waals surface area contributed by atoms with E-state index in [0.29, 0.717) is 0 Å². The predicted molar refractivity (Wildman–Crippen MR) is 83.2 cm³/mol. The van der Waals surface area contributed by atoms with Crippen LogP contribution in [0.2, 0.25) is 0 Å². The van der Waals surface area contributed by atoms with Crippen molar-refractivity contribution in [2.24, 2.45) is 0 Å². The lowest BCUT2D eigenvalue weighted by Crippen LogP contribution is -1.94. The number of hydrogen-bond donors (Lipinski definition) is 1. The van der Waals surface area contributed by atoms with Gasteiger partial charge in [0.2, 0.25) is 0 Å². The van der Waals surface area contributed by atoms with Crippen molar-refractivity contribution in [2.45, 2.75) is 52.9 Å². The molecule has 0 bridgehead atoms. The van der Waals surface area contributed by atoms with Crippen LogP contribution in [0.5, 0.6) is 0 Å². The van der Waals surface area contributed by atoms with Gasteiger partial charge in [0.15, 0.2) is 0 Å². The smallest absolute Gasteiger partial charge is 0.0941 e. The molecule has 1 nitrogen and oxygen atoms in total. The highest BCUT2D eigenvalue weighted by molar-refractivity contribution is 8.23. The van der Waals surface area contributed by atoms with Gasteiger partial charge in [0, 0.05) is 5.69 Å². The topological polar surface area (TPSA) is 15.8 Å². The molecule has 3 heteroatoms. The summed E-state index contributed by atoms with van der Waals surface area (Å²) in [6, 6.07) is 2.26. The van der Waals surface area contributed by atoms with Crippen LogP contribution in [-0.4, -0.2) is 14.9 Å². The highest BCUT2D eigenvalue weighted by Gasteiger charge is 2.10. The summed E-state index contributed by atoms with van der Waals surface area (Å²) < 4.78 is 1.01. The van der Waals surface area contributed by atoms with Crippen LogP contribution in [0.4, 0.5) is 0 Å². The molecule has 1 rings (SSSR count). The molecule has 0 aromatic carbocycles. The fourth-order valence-electron chi connectivity index (χ4n) is 1.93. The van der Waals surface area contributed by atoms with Crippen molar-refractivity contribution >= 4 is 28.2 Å². The van der Waals surface area contributed by atoms with E-state index >= 15 is 0 Å². The lowest BCUT2D eigenvalue weighted by Gasteiger charge is -2.01. The molecule has 0 radical (unpaired) electrons. The molecule has 0 saturated carbocycles. The molecule has 0 amide bonds. The molecule has 0 saturated heterocycles. The molecule has 0 aliphatic rings. The maximum Gasteiger partial charge on any atom is 0.0941 e. The molecule has 0 fully saturated rings. The van der Waals surface area contributed by atoms with Crippen LogP contribution in [-0.2, 0) is 12.8 Å². The van der Waals surface area contributed by atoms with Gasteiger partial charge >= 0.3 is 0 Å². The summed E-state index contributed by atoms with van der Waals surface area (Å²) in [6.45, 7) is 6.61. The van der Waals surface area contributed by atoms with Gasteiger partial charge in [-0.3, -0.25) is 0 Å². The van der Waals surface area contributed by atoms with Crippen molar-refractivity contribution in [2.75, 3.05) is 5.75 Å². The minimum absolute atomic E-state index is 1.01. The van der Waals surface area contributed by atoms with Crippen molar-refractivity contribution in [3.05, 3.63) is 23.0 Å². The van der Waals surface area contributed by atoms with E-state index in [1.54, 1.807) is 11.8 Å². The predicted octanol–water partition coefficient (Wildman–Crippen LogP) is 4.74. The standard InChI is InChI=1S/C14H23NS2/c1-4-7-9-12-11(8-5-2)10-13(15-12)14(16)17-6-3/h10,15H,4-9H2,1-3H3. The maximum absolute atomic E-state index is 5.42. The highest BCUT2D eigenvalue weighted by atomic mass is 32.2. The molecule has 0 atom stereocenters. The first-order chi connectivity index (χ1) is 8.22. The Kier molecular flexibility index (Phi) is 6.90. The number of unbranched alkanes of at least 4 members (excludes halogenated alkanes) is 1. The van der Waals surface area contributed by atoms with Gasteiger partial charge in [-0.15, -0.1) is 11.8 Å². The SMILES string of the molecule is CCCCc1[nH]c(C(=S)SCC)cc1CCC. The van der Waals surface area contributed by atoms with E-state index in [1.807, 2.05) is 0 Å². The minimum Gasteiger partial charge on any atom is -0.357 e. The van der Waals surface area contributed by atoms with Crippen molar-refractivity contribution in [3.63, 3.8) is 0 Å². The van der Waals surface area contributed by atoms with E-state index < -0.39 is 0 Å². The second kappa shape index (κ2) is 7.93. The van der Waals surface area contributed by atoms with E-state index in [-0.39, 0.29) is 0 Å². The lowest BCUT2D eigenvalue weighted by molar-refractivity contribution is 0.767. The Balaban J connectivity index is 2.82. The molecule has 0 spiro atoms. The average molecular weight is 269 g/mol. The minimum atomic E-state index is 1.01. The fourth-order valence-corrected chi connectivity index (χ4v) is 2.92. The number of rotatable bonds is 7. The van der Waals surface area contributed by atoms with Gasteiger partial charge in [0.05, 0.1) is 9.89 Å². The summed E-state index contributed by atoms with van der Waals surface area (Å²) in [5.41, 5.74) is 4.03. The highest BCUT2D eigenvalue weighted by Crippen LogP contribution is 2.20. The Bertz CT molecular complexity index is 355. The first-order valence-electron chi connectivity index (χ1n) is 6.60. The third-order valence-electron chi connectivity index (χ3n) is 2.79. The summed E-state index contributed by atoms with van der Waals surface area (Å²) >= 11 is 7.17. The Morgan fingerprint density at radius 1 is 1.24 bits per heavy atom. The van der Waals surface area contributed by atoms with Crippen LogP contribution < -0.4 is 0 Å². The number of aromatic amines is 1. The second-order valence-corrected chi connectivity index (χ2v) is 6.20. The molecule has 0 aliphatic heterocycles. The van der Waals surface area contributed by atoms with E-state index in [4.69, 9.17) is 12.2 Å². The quantitative estimate of drug-likeness (QED) is 0.720. The second-order valence-electron chi connectivity index (χ2n) is 4.26. The molecular weight excluding hydrogens is 246 g/mol. The van der Waals surface area contributed by atoms with Gasteiger partial charge in [0.25, 0.3) is 0 Å². The third-order valence-corrected chi connectivity index (χ3v) is 4.13. The van der Waals surface area contributed by atoms with E-state index in [0.717, 1.165) is 28.5 Å². The molecule has 1 N–H and O–H groups in total. The van der Waals surface area contributed by atoms with Crippen LogP contribution in [0.1, 0.15) is 57.0 Å². The van der Waals surface area contributed by atoms with Crippen molar-refractivity contribution in [3.8, 4) is 0 Å². The third kappa shape index (κ3) is 4.47. The molecule has 17 heavy (non-hydrogen) atoms. The zero-order valence-corrected chi connectivity index (χ0v) is 12.8. The van der Waals surface area contributed by atoms with Gasteiger partial charge < -0.3 is 4.98 Å². The Hall–Kier alpha value is -0.280. The Morgan fingerprint density at radius 2 is 2.00 bits per heavy atom. The Morgan fingerprint density at radius 3 is 2.59 bits per heavy atom. The normalized spacial score (nSPS) is 10.8. The number of thiocarbonyl (C=S) groups is 1. The summed E-state index contributed by atoms with van der Waals surface area (Å²) in [5, 5.41) is 0. The van der Waals surface area contributed by atoms with Crippen LogP contribution >= 0.6 is 24.0 Å². The summed E-state index contributed by atoms with van der Waals surface area (Å²) in [7, 11) is 0. The lowest BCUT2D eigenvalue weighted by atomic mass is 10.1. The number of aryl methyl sites for hydroxylation is 2. The summed E-state index contributed by atoms with van der Waals surface area (Å²) in [4.78, 5) is 3.52. The maximum atomic E-state index is 5.42. The number of nitrogens with one attached hydrogen (secondary N) is 1. The largest absolute Gasteiger partial charge is 0.357 e. The molecule has 0 aliphatic carbocycles. The van der Waals surface area contributed by atoms with E-state index in [9.17, 15) is 0 Å². The zero-order chi connectivity index (χ0) is 12.7. The van der Waals surface area contributed by atoms with E-state index in [1.165, 1.54) is 30.5 Å². The number of hydrogen-bond acceptors (Lipinski definition) is 2. The molecule has 96 valence electrons. The van der Waals surface area contributed by atoms with Gasteiger partial charge in [-0.25, -0.2) is 0 Å². The summed E-state index contributed by atoms with van der Waals surface area (Å²) in [6.07, 6.45) is 6.02. The van der Waals surface area contributed by atoms with Crippen LogP contribution in [0.25, 0.3) is 0 Å². The van der Waals surface area contributed by atoms with Crippen molar-refractivity contribution in [1.82, 2.24) is 4.98 Å². The van der Waals surface area contributed by atoms with Gasteiger partial charge in [-0.05, 0) is 36.6 Å². The summed E-state index contributed by atoms with van der Waals surface area (Å²) in [5.74, 6) is 1.05. The van der Waals surface area contributed by atoms with Crippen LogP contribution in [0, 0.1) is 0 Å². The molecule has 1 aromatic heterocycles. The number of aromatic nitrogens is 1. The molecular formula is C14H23NS2. The number of H-pyrrole nitrogens is 1. The van der Waals surface area contributed by atoms with Gasteiger partial charge in [-0.2, -0.15) is 0 Å². The Labute approximate surface area is 115 Å². The van der Waals surface area contributed by atoms with Gasteiger partial charge in [0.1, 0.15) is 0 Å². The zero-order valence-electron chi connectivity index (χ0n) is 11.1. The first-order valence-corrected chi connectivity index (χ1v) is 8.00. The van der Waals surface area contributed by atoms with E-state index in [2.05, 4.69) is 31.8 Å². The van der Waals surface area contributed by atoms with Crippen molar-refractivity contribution in [1.29, 1.82) is 0 Å². The molecule has 0 unspecified atom stereocenters. The fraction of sp³-hybridized carbons (Fsp3) is 0.643. The monoisotopic (exact) mass is 269 g/mol. The van der Waals surface area contributed by atoms with Crippen LogP contribution in [0.3, 0.4) is 0 Å². The first kappa shape index (κ1) is 14.8. The van der Waals surface area contributed by atoms with Gasteiger partial charge in [-0.1, -0.05) is 45.8 Å². The van der Waals surface area contributed by atoms with Crippen molar-refractivity contribution < 1.29 is 0 Å².